The lowest BCUT2D eigenvalue weighted by atomic mass is 9.92. The lowest BCUT2D eigenvalue weighted by molar-refractivity contribution is 0.0887. The highest BCUT2D eigenvalue weighted by atomic mass is 79.9. The van der Waals surface area contributed by atoms with Crippen molar-refractivity contribution >= 4 is 43.4 Å². The van der Waals surface area contributed by atoms with Crippen molar-refractivity contribution in [2.75, 3.05) is 0 Å². The number of Topliss-reactive ketones (excluding diaryl/α,β-unsaturated/α-hetero) is 2. The highest BCUT2D eigenvalue weighted by molar-refractivity contribution is 9.13. The van der Waals surface area contributed by atoms with Crippen molar-refractivity contribution in [1.82, 2.24) is 0 Å². The van der Waals surface area contributed by atoms with E-state index in [-0.39, 0.29) is 11.6 Å². The molecule has 4 heteroatoms. The van der Waals surface area contributed by atoms with Crippen LogP contribution in [-0.2, 0) is 8.65 Å². The molecule has 0 aromatic heterocycles. The van der Waals surface area contributed by atoms with Crippen molar-refractivity contribution in [1.29, 1.82) is 0 Å². The van der Waals surface area contributed by atoms with Crippen LogP contribution in [0.4, 0.5) is 0 Å². The van der Waals surface area contributed by atoms with Gasteiger partial charge < -0.3 is 0 Å². The summed E-state index contributed by atoms with van der Waals surface area (Å²) in [6.45, 7) is 0. The fourth-order valence-electron chi connectivity index (χ4n) is 3.26. The Bertz CT molecular complexity index is 731. The number of alkyl halides is 2. The number of fused-ring (bicyclic) bond motifs is 5. The third-order valence-corrected chi connectivity index (χ3v) is 7.48. The Morgan fingerprint density at radius 2 is 1.00 bits per heavy atom. The first-order chi connectivity index (χ1) is 9.53. The molecule has 0 unspecified atom stereocenters. The minimum absolute atomic E-state index is 0.0664. The van der Waals surface area contributed by atoms with E-state index >= 15 is 0 Å². The summed E-state index contributed by atoms with van der Waals surface area (Å²) in [6, 6.07) is 14.6. The van der Waals surface area contributed by atoms with Gasteiger partial charge in [0.1, 0.15) is 8.65 Å². The molecular weight excluding hydrogens is 384 g/mol. The molecule has 0 amide bonds. The van der Waals surface area contributed by atoms with Crippen molar-refractivity contribution in [3.05, 3.63) is 70.8 Å². The SMILES string of the molecule is O=C1c2ccccc2[C@]2(Br)C(=O)c3ccccc3[C@]12Br. The molecule has 0 saturated heterocycles. The average Bonchev–Trinajstić information content (AvgIpc) is 2.78. The first kappa shape index (κ1) is 12.5. The van der Waals surface area contributed by atoms with Gasteiger partial charge in [-0.05, 0) is 11.1 Å². The summed E-state index contributed by atoms with van der Waals surface area (Å²) in [5, 5.41) is 0. The summed E-state index contributed by atoms with van der Waals surface area (Å²) < 4.78 is -2.09. The predicted molar refractivity (Wildman–Crippen MR) is 82.8 cm³/mol. The highest BCUT2D eigenvalue weighted by Gasteiger charge is 2.70. The molecule has 2 aliphatic rings. The van der Waals surface area contributed by atoms with Crippen LogP contribution < -0.4 is 0 Å². The third kappa shape index (κ3) is 1.09. The Morgan fingerprint density at radius 3 is 1.40 bits per heavy atom. The van der Waals surface area contributed by atoms with Gasteiger partial charge in [0, 0.05) is 11.1 Å². The van der Waals surface area contributed by atoms with Crippen LogP contribution in [0.15, 0.2) is 48.5 Å². The second-order valence-electron chi connectivity index (χ2n) is 5.07. The molecule has 4 rings (SSSR count). The molecule has 0 saturated carbocycles. The number of carbonyl (C=O) groups excluding carboxylic acids is 2. The van der Waals surface area contributed by atoms with Gasteiger partial charge in [-0.25, -0.2) is 0 Å². The van der Waals surface area contributed by atoms with Gasteiger partial charge >= 0.3 is 0 Å². The normalized spacial score (nSPS) is 30.1. The summed E-state index contributed by atoms with van der Waals surface area (Å²) in [5.41, 5.74) is 2.68. The van der Waals surface area contributed by atoms with E-state index in [1.54, 1.807) is 12.1 Å². The van der Waals surface area contributed by atoms with Crippen LogP contribution >= 0.6 is 31.9 Å². The van der Waals surface area contributed by atoms with Gasteiger partial charge in [0.25, 0.3) is 0 Å². The molecule has 0 spiro atoms. The average molecular weight is 392 g/mol. The van der Waals surface area contributed by atoms with Gasteiger partial charge in [-0.2, -0.15) is 0 Å². The number of ketones is 2. The first-order valence-electron chi connectivity index (χ1n) is 6.19. The number of hydrogen-bond acceptors (Lipinski definition) is 2. The van der Waals surface area contributed by atoms with Crippen molar-refractivity contribution in [3.63, 3.8) is 0 Å². The number of rotatable bonds is 0. The number of benzene rings is 2. The van der Waals surface area contributed by atoms with Gasteiger partial charge in [0.05, 0.1) is 0 Å². The maximum Gasteiger partial charge on any atom is 0.186 e. The summed E-state index contributed by atoms with van der Waals surface area (Å²) in [5.74, 6) is -0.133. The second-order valence-corrected chi connectivity index (χ2v) is 7.45. The van der Waals surface area contributed by atoms with Crippen molar-refractivity contribution < 1.29 is 9.59 Å². The summed E-state index contributed by atoms with van der Waals surface area (Å²) >= 11 is 7.19. The molecule has 2 aliphatic carbocycles. The van der Waals surface area contributed by atoms with E-state index in [1.165, 1.54) is 0 Å². The molecule has 2 nitrogen and oxygen atoms in total. The Morgan fingerprint density at radius 1 is 0.650 bits per heavy atom. The molecule has 0 aliphatic heterocycles. The zero-order valence-corrected chi connectivity index (χ0v) is 13.4. The van der Waals surface area contributed by atoms with Crippen molar-refractivity contribution in [2.45, 2.75) is 8.65 Å². The Labute approximate surface area is 132 Å². The van der Waals surface area contributed by atoms with Crippen LogP contribution in [-0.4, -0.2) is 11.6 Å². The smallest absolute Gasteiger partial charge is 0.186 e. The summed E-state index contributed by atoms with van der Waals surface area (Å²) in [6.07, 6.45) is 0. The van der Waals surface area contributed by atoms with Crippen LogP contribution in [0.3, 0.4) is 0 Å². The quantitative estimate of drug-likeness (QED) is 0.637. The number of carbonyl (C=O) groups is 2. The molecule has 0 bridgehead atoms. The monoisotopic (exact) mass is 390 g/mol. The molecule has 2 atom stereocenters. The van der Waals surface area contributed by atoms with Gasteiger partial charge in [0.2, 0.25) is 0 Å². The van der Waals surface area contributed by atoms with Gasteiger partial charge in [-0.1, -0.05) is 80.4 Å². The molecule has 0 fully saturated rings. The van der Waals surface area contributed by atoms with E-state index in [9.17, 15) is 9.59 Å². The topological polar surface area (TPSA) is 34.1 Å². The van der Waals surface area contributed by atoms with Crippen LogP contribution in [0.1, 0.15) is 31.8 Å². The van der Waals surface area contributed by atoms with Crippen molar-refractivity contribution in [3.8, 4) is 0 Å². The van der Waals surface area contributed by atoms with Gasteiger partial charge in [0.15, 0.2) is 11.6 Å². The predicted octanol–water partition coefficient (Wildman–Crippen LogP) is 3.96. The van der Waals surface area contributed by atoms with Crippen molar-refractivity contribution in [2.24, 2.45) is 0 Å². The Hall–Kier alpha value is -1.26. The Balaban J connectivity index is 2.15. The minimum atomic E-state index is -1.04. The van der Waals surface area contributed by atoms with E-state index in [0.717, 1.165) is 11.1 Å². The molecule has 98 valence electrons. The van der Waals surface area contributed by atoms with E-state index in [2.05, 4.69) is 31.9 Å². The largest absolute Gasteiger partial charge is 0.292 e. The zero-order chi connectivity index (χ0) is 14.1. The fraction of sp³-hybridized carbons (Fsp3) is 0.125. The van der Waals surface area contributed by atoms with Crippen LogP contribution in [0.5, 0.6) is 0 Å². The maximum atomic E-state index is 12.9. The molecule has 0 heterocycles. The molecule has 0 radical (unpaired) electrons. The van der Waals surface area contributed by atoms with E-state index in [1.807, 2.05) is 36.4 Å². The van der Waals surface area contributed by atoms with E-state index in [4.69, 9.17) is 0 Å². The molecule has 20 heavy (non-hydrogen) atoms. The molecule has 2 aromatic rings. The molecular formula is C16H8Br2O2. The van der Waals surface area contributed by atoms with Gasteiger partial charge in [-0.15, -0.1) is 0 Å². The van der Waals surface area contributed by atoms with Gasteiger partial charge in [-0.3, -0.25) is 9.59 Å². The second kappa shape index (κ2) is 3.68. The lowest BCUT2D eigenvalue weighted by Crippen LogP contribution is -2.39. The molecule has 0 N–H and O–H groups in total. The highest BCUT2D eigenvalue weighted by Crippen LogP contribution is 2.65. The minimum Gasteiger partial charge on any atom is -0.292 e. The summed E-state index contributed by atoms with van der Waals surface area (Å²) in [4.78, 5) is 25.8. The zero-order valence-electron chi connectivity index (χ0n) is 10.2. The Kier molecular flexibility index (Phi) is 2.30. The standard InChI is InChI=1S/C16H8Br2O2/c17-15-11-7-3-1-5-9(11)13(19)16(15,18)12-8-4-2-6-10(12)14(15)20/h1-8H/t15-,16-/m0/s1. The molecule has 2 aromatic carbocycles. The first-order valence-corrected chi connectivity index (χ1v) is 7.78. The van der Waals surface area contributed by atoms with Crippen LogP contribution in [0.2, 0.25) is 0 Å². The van der Waals surface area contributed by atoms with E-state index < -0.39 is 8.65 Å². The van der Waals surface area contributed by atoms with Crippen LogP contribution in [0, 0.1) is 0 Å². The lowest BCUT2D eigenvalue weighted by Gasteiger charge is -2.28. The third-order valence-electron chi connectivity index (χ3n) is 4.19. The number of halogens is 2. The number of hydrogen-bond donors (Lipinski definition) is 0. The van der Waals surface area contributed by atoms with Crippen LogP contribution in [0.25, 0.3) is 0 Å². The fourth-order valence-corrected chi connectivity index (χ4v) is 5.17. The summed E-state index contributed by atoms with van der Waals surface area (Å²) in [7, 11) is 0. The maximum absolute atomic E-state index is 12.9. The van der Waals surface area contributed by atoms with E-state index in [0.29, 0.717) is 11.1 Å².